The summed E-state index contributed by atoms with van der Waals surface area (Å²) >= 11 is 11.6. The SMILES string of the molecule is O=[N+]([O-])/C(=C\Nc1ccc(Cl)c(Cl)c1)S(=O)(=O)c1ccccc1. The average Bonchev–Trinajstić information content (AvgIpc) is 2.51. The van der Waals surface area contributed by atoms with Crippen LogP contribution in [0.15, 0.2) is 64.7 Å². The molecular weight excluding hydrogens is 363 g/mol. The zero-order chi connectivity index (χ0) is 17.0. The normalized spacial score (nSPS) is 12.0. The fourth-order valence-electron chi connectivity index (χ4n) is 1.68. The van der Waals surface area contributed by atoms with E-state index in [-0.39, 0.29) is 9.92 Å². The van der Waals surface area contributed by atoms with E-state index >= 15 is 0 Å². The Labute approximate surface area is 142 Å². The first-order valence-electron chi connectivity index (χ1n) is 6.18. The lowest BCUT2D eigenvalue weighted by Gasteiger charge is -2.05. The van der Waals surface area contributed by atoms with Crippen molar-refractivity contribution in [3.63, 3.8) is 0 Å². The molecule has 120 valence electrons. The summed E-state index contributed by atoms with van der Waals surface area (Å²) in [5, 5.41) is 13.2. The molecule has 0 aliphatic rings. The molecule has 23 heavy (non-hydrogen) atoms. The quantitative estimate of drug-likeness (QED) is 0.633. The third-order valence-corrected chi connectivity index (χ3v) is 5.24. The number of halogens is 2. The summed E-state index contributed by atoms with van der Waals surface area (Å²) in [6.45, 7) is 0. The molecule has 0 amide bonds. The molecule has 0 radical (unpaired) electrons. The molecule has 0 aromatic heterocycles. The second-order valence-electron chi connectivity index (χ2n) is 4.33. The zero-order valence-electron chi connectivity index (χ0n) is 11.4. The Bertz CT molecular complexity index is 868. The Morgan fingerprint density at radius 2 is 1.74 bits per heavy atom. The molecule has 0 fully saturated rings. The van der Waals surface area contributed by atoms with Crippen molar-refractivity contribution in [2.75, 3.05) is 5.32 Å². The van der Waals surface area contributed by atoms with Crippen LogP contribution < -0.4 is 5.32 Å². The molecule has 0 aliphatic carbocycles. The highest BCUT2D eigenvalue weighted by molar-refractivity contribution is 7.95. The van der Waals surface area contributed by atoms with E-state index in [9.17, 15) is 18.5 Å². The van der Waals surface area contributed by atoms with E-state index in [1.807, 2.05) is 0 Å². The van der Waals surface area contributed by atoms with Gasteiger partial charge in [0.25, 0.3) is 9.84 Å². The van der Waals surface area contributed by atoms with Crippen LogP contribution in [0.2, 0.25) is 10.0 Å². The van der Waals surface area contributed by atoms with Crippen LogP contribution in [0, 0.1) is 10.1 Å². The lowest BCUT2D eigenvalue weighted by atomic mass is 10.3. The molecule has 0 atom stereocenters. The maximum absolute atomic E-state index is 12.3. The van der Waals surface area contributed by atoms with Gasteiger partial charge >= 0.3 is 5.03 Å². The molecule has 6 nitrogen and oxygen atoms in total. The largest absolute Gasteiger partial charge is 0.379 e. The molecule has 0 saturated carbocycles. The summed E-state index contributed by atoms with van der Waals surface area (Å²) in [7, 11) is -4.25. The van der Waals surface area contributed by atoms with Crippen LogP contribution in [0.3, 0.4) is 0 Å². The topological polar surface area (TPSA) is 89.3 Å². The van der Waals surface area contributed by atoms with E-state index in [0.29, 0.717) is 10.7 Å². The summed E-state index contributed by atoms with van der Waals surface area (Å²) in [5.74, 6) is 0. The predicted octanol–water partition coefficient (Wildman–Crippen LogP) is 3.95. The maximum Gasteiger partial charge on any atom is 0.379 e. The number of sulfone groups is 1. The Morgan fingerprint density at radius 3 is 2.30 bits per heavy atom. The monoisotopic (exact) mass is 372 g/mol. The van der Waals surface area contributed by atoms with Gasteiger partial charge in [0.1, 0.15) is 0 Å². The van der Waals surface area contributed by atoms with Crippen molar-refractivity contribution in [1.82, 2.24) is 0 Å². The van der Waals surface area contributed by atoms with E-state index in [4.69, 9.17) is 23.2 Å². The lowest BCUT2D eigenvalue weighted by Crippen LogP contribution is -2.14. The molecule has 1 N–H and O–H groups in total. The molecule has 2 aromatic carbocycles. The van der Waals surface area contributed by atoms with Crippen LogP contribution in [0.5, 0.6) is 0 Å². The molecule has 2 aromatic rings. The Morgan fingerprint density at radius 1 is 1.09 bits per heavy atom. The number of rotatable bonds is 5. The molecule has 0 saturated heterocycles. The first-order valence-corrected chi connectivity index (χ1v) is 8.42. The molecule has 0 aliphatic heterocycles. The van der Waals surface area contributed by atoms with Crippen molar-refractivity contribution in [2.24, 2.45) is 0 Å². The van der Waals surface area contributed by atoms with Gasteiger partial charge in [0, 0.05) is 5.69 Å². The molecule has 0 heterocycles. The maximum atomic E-state index is 12.3. The van der Waals surface area contributed by atoms with E-state index in [2.05, 4.69) is 5.32 Å². The van der Waals surface area contributed by atoms with Gasteiger partial charge in [0.2, 0.25) is 0 Å². The number of nitrogens with zero attached hydrogens (tertiary/aromatic N) is 1. The molecule has 0 bridgehead atoms. The van der Waals surface area contributed by atoms with Crippen molar-refractivity contribution in [3.05, 3.63) is 79.9 Å². The molecule has 9 heteroatoms. The summed E-state index contributed by atoms with van der Waals surface area (Å²) in [5.41, 5.74) is 0.363. The predicted molar refractivity (Wildman–Crippen MR) is 88.8 cm³/mol. The highest BCUT2D eigenvalue weighted by Crippen LogP contribution is 2.26. The number of anilines is 1. The van der Waals surface area contributed by atoms with Gasteiger partial charge in [-0.2, -0.15) is 0 Å². The van der Waals surface area contributed by atoms with Crippen LogP contribution in [-0.2, 0) is 9.84 Å². The number of benzene rings is 2. The first kappa shape index (κ1) is 17.3. The molecular formula is C14H10Cl2N2O4S. The van der Waals surface area contributed by atoms with Crippen LogP contribution >= 0.6 is 23.2 Å². The second kappa shape index (κ2) is 6.99. The van der Waals surface area contributed by atoms with Gasteiger partial charge in [0.15, 0.2) is 0 Å². The van der Waals surface area contributed by atoms with E-state index < -0.39 is 19.8 Å². The standard InChI is InChI=1S/C14H10Cl2N2O4S/c15-12-7-6-10(8-13(12)16)17-9-14(18(19)20)23(21,22)11-4-2-1-3-5-11/h1-9,17H/b14-9+. The van der Waals surface area contributed by atoms with Crippen LogP contribution in [-0.4, -0.2) is 13.3 Å². The number of nitro groups is 1. The van der Waals surface area contributed by atoms with Crippen LogP contribution in [0.4, 0.5) is 5.69 Å². The number of nitrogens with one attached hydrogen (secondary N) is 1. The third-order valence-electron chi connectivity index (χ3n) is 2.79. The van der Waals surface area contributed by atoms with E-state index in [1.54, 1.807) is 6.07 Å². The minimum Gasteiger partial charge on any atom is -0.355 e. The van der Waals surface area contributed by atoms with Gasteiger partial charge in [0.05, 0.1) is 26.1 Å². The smallest absolute Gasteiger partial charge is 0.355 e. The highest BCUT2D eigenvalue weighted by Gasteiger charge is 2.31. The summed E-state index contributed by atoms with van der Waals surface area (Å²) in [6, 6.07) is 11.6. The number of hydrogen-bond donors (Lipinski definition) is 1. The summed E-state index contributed by atoms with van der Waals surface area (Å²) < 4.78 is 24.6. The fourth-order valence-corrected chi connectivity index (χ4v) is 3.15. The van der Waals surface area contributed by atoms with E-state index in [1.165, 1.54) is 42.5 Å². The molecule has 2 rings (SSSR count). The van der Waals surface area contributed by atoms with Crippen molar-refractivity contribution < 1.29 is 13.3 Å². The third kappa shape index (κ3) is 4.01. The minimum absolute atomic E-state index is 0.168. The minimum atomic E-state index is -4.25. The van der Waals surface area contributed by atoms with Gasteiger partial charge in [-0.3, -0.25) is 10.1 Å². The second-order valence-corrected chi connectivity index (χ2v) is 7.04. The van der Waals surface area contributed by atoms with Crippen molar-refractivity contribution in [3.8, 4) is 0 Å². The highest BCUT2D eigenvalue weighted by atomic mass is 35.5. The average molecular weight is 373 g/mol. The number of hydrogen-bond acceptors (Lipinski definition) is 5. The van der Waals surface area contributed by atoms with Crippen LogP contribution in [0.25, 0.3) is 0 Å². The zero-order valence-corrected chi connectivity index (χ0v) is 13.8. The van der Waals surface area contributed by atoms with Gasteiger partial charge in [-0.25, -0.2) is 8.42 Å². The fraction of sp³-hybridized carbons (Fsp3) is 0. The Hall–Kier alpha value is -2.09. The van der Waals surface area contributed by atoms with Crippen molar-refractivity contribution >= 4 is 38.7 Å². The first-order chi connectivity index (χ1) is 10.8. The van der Waals surface area contributed by atoms with E-state index in [0.717, 1.165) is 6.20 Å². The molecule has 0 spiro atoms. The van der Waals surface area contributed by atoms with Gasteiger partial charge in [-0.05, 0) is 30.3 Å². The van der Waals surface area contributed by atoms with Crippen molar-refractivity contribution in [2.45, 2.75) is 4.90 Å². The lowest BCUT2D eigenvalue weighted by molar-refractivity contribution is -0.411. The summed E-state index contributed by atoms with van der Waals surface area (Å²) in [6.07, 6.45) is 0.807. The summed E-state index contributed by atoms with van der Waals surface area (Å²) in [4.78, 5) is 10.00. The molecule has 0 unspecified atom stereocenters. The van der Waals surface area contributed by atoms with Gasteiger partial charge < -0.3 is 5.32 Å². The van der Waals surface area contributed by atoms with Crippen LogP contribution in [0.1, 0.15) is 0 Å². The Balaban J connectivity index is 2.38. The van der Waals surface area contributed by atoms with Gasteiger partial charge in [-0.1, -0.05) is 41.4 Å². The Kier molecular flexibility index (Phi) is 5.25. The van der Waals surface area contributed by atoms with Gasteiger partial charge in [-0.15, -0.1) is 0 Å². The van der Waals surface area contributed by atoms with Crippen molar-refractivity contribution in [1.29, 1.82) is 0 Å².